The minimum atomic E-state index is -0.750. The summed E-state index contributed by atoms with van der Waals surface area (Å²) in [5.41, 5.74) is 0. The Kier molecular flexibility index (Phi) is 6.03. The Hall–Kier alpha value is -1.10. The van der Waals surface area contributed by atoms with Crippen LogP contribution >= 0.6 is 0 Å². The molecule has 0 radical (unpaired) electrons. The van der Waals surface area contributed by atoms with Crippen LogP contribution in [0.5, 0.6) is 0 Å². The topological polar surface area (TPSA) is 66.8 Å². The second-order valence-corrected chi connectivity index (χ2v) is 6.35. The van der Waals surface area contributed by atoms with E-state index in [1.54, 1.807) is 0 Å². The minimum absolute atomic E-state index is 0.0920. The summed E-state index contributed by atoms with van der Waals surface area (Å²) in [6.45, 7) is 5.01. The molecule has 2 aliphatic rings. The number of carbonyl (C=O) groups excluding carboxylic acids is 1. The van der Waals surface area contributed by atoms with Crippen LogP contribution < -0.4 is 0 Å². The highest BCUT2D eigenvalue weighted by molar-refractivity contribution is 5.80. The van der Waals surface area contributed by atoms with Crippen LogP contribution in [-0.2, 0) is 14.3 Å². The van der Waals surface area contributed by atoms with Gasteiger partial charge in [0.15, 0.2) is 0 Å². The van der Waals surface area contributed by atoms with E-state index in [-0.39, 0.29) is 17.7 Å². The highest BCUT2D eigenvalue weighted by atomic mass is 16.5. The fraction of sp³-hybridized carbons (Fsp3) is 0.875. The van der Waals surface area contributed by atoms with Gasteiger partial charge in [-0.2, -0.15) is 0 Å². The Morgan fingerprint density at radius 3 is 2.67 bits per heavy atom. The number of carboxylic acids is 1. The van der Waals surface area contributed by atoms with Crippen molar-refractivity contribution in [3.63, 3.8) is 0 Å². The van der Waals surface area contributed by atoms with Crippen LogP contribution in [-0.4, -0.2) is 48.2 Å². The summed E-state index contributed by atoms with van der Waals surface area (Å²) in [6, 6.07) is 0. The molecular formula is C16H27NO4. The molecule has 5 nitrogen and oxygen atoms in total. The van der Waals surface area contributed by atoms with Crippen LogP contribution in [0, 0.1) is 17.8 Å². The van der Waals surface area contributed by atoms with E-state index in [1.165, 1.54) is 0 Å². The number of piperidine rings is 1. The Bertz CT molecular complexity index is 371. The van der Waals surface area contributed by atoms with E-state index in [1.807, 2.05) is 11.8 Å². The molecule has 3 unspecified atom stereocenters. The number of rotatable bonds is 5. The molecule has 2 fully saturated rings. The second-order valence-electron chi connectivity index (χ2n) is 6.35. The maximum absolute atomic E-state index is 12.6. The van der Waals surface area contributed by atoms with Gasteiger partial charge in [0.1, 0.15) is 0 Å². The monoisotopic (exact) mass is 297 g/mol. The van der Waals surface area contributed by atoms with Gasteiger partial charge in [-0.1, -0.05) is 6.42 Å². The van der Waals surface area contributed by atoms with Crippen LogP contribution in [0.4, 0.5) is 0 Å². The van der Waals surface area contributed by atoms with E-state index in [0.29, 0.717) is 25.4 Å². The largest absolute Gasteiger partial charge is 0.481 e. The van der Waals surface area contributed by atoms with Crippen molar-refractivity contribution >= 4 is 11.9 Å². The van der Waals surface area contributed by atoms with Gasteiger partial charge in [0.25, 0.3) is 0 Å². The van der Waals surface area contributed by atoms with Crippen molar-refractivity contribution in [2.24, 2.45) is 17.8 Å². The highest BCUT2D eigenvalue weighted by Crippen LogP contribution is 2.31. The van der Waals surface area contributed by atoms with Gasteiger partial charge >= 0.3 is 5.97 Å². The molecule has 1 saturated carbocycles. The standard InChI is InChI=1S/C16H27NO4/c1-2-21-11-12-5-4-8-17(10-12)15(18)13-6-3-7-14(9-13)16(19)20/h12-14H,2-11H2,1H3,(H,19,20). The Labute approximate surface area is 126 Å². The van der Waals surface area contributed by atoms with Gasteiger partial charge in [-0.25, -0.2) is 0 Å². The number of amides is 1. The van der Waals surface area contributed by atoms with Crippen molar-refractivity contribution in [2.45, 2.75) is 45.4 Å². The summed E-state index contributed by atoms with van der Waals surface area (Å²) in [4.78, 5) is 25.7. The van der Waals surface area contributed by atoms with E-state index in [9.17, 15) is 9.59 Å². The molecule has 1 amide bonds. The van der Waals surface area contributed by atoms with Gasteiger partial charge in [-0.3, -0.25) is 9.59 Å². The Balaban J connectivity index is 1.88. The number of carbonyl (C=O) groups is 2. The fourth-order valence-corrected chi connectivity index (χ4v) is 3.58. The van der Waals surface area contributed by atoms with Crippen molar-refractivity contribution in [2.75, 3.05) is 26.3 Å². The number of carboxylic acid groups (broad SMARTS) is 1. The smallest absolute Gasteiger partial charge is 0.306 e. The van der Waals surface area contributed by atoms with E-state index in [0.717, 1.165) is 45.4 Å². The first-order valence-electron chi connectivity index (χ1n) is 8.21. The lowest BCUT2D eigenvalue weighted by molar-refractivity contribution is -0.146. The first kappa shape index (κ1) is 16.3. The number of hydrogen-bond donors (Lipinski definition) is 1. The molecule has 1 aliphatic heterocycles. The van der Waals surface area contributed by atoms with Gasteiger partial charge in [0.05, 0.1) is 12.5 Å². The molecule has 3 atom stereocenters. The number of ether oxygens (including phenoxy) is 1. The lowest BCUT2D eigenvalue weighted by atomic mass is 9.80. The summed E-state index contributed by atoms with van der Waals surface area (Å²) < 4.78 is 5.48. The third-order valence-electron chi connectivity index (χ3n) is 4.76. The molecule has 0 aromatic heterocycles. The third-order valence-corrected chi connectivity index (χ3v) is 4.76. The molecule has 0 aromatic rings. The zero-order valence-electron chi connectivity index (χ0n) is 12.9. The molecule has 0 bridgehead atoms. The van der Waals surface area contributed by atoms with Crippen LogP contribution in [0.15, 0.2) is 0 Å². The van der Waals surface area contributed by atoms with Gasteiger partial charge in [0.2, 0.25) is 5.91 Å². The minimum Gasteiger partial charge on any atom is -0.481 e. The fourth-order valence-electron chi connectivity index (χ4n) is 3.58. The number of hydrogen-bond acceptors (Lipinski definition) is 3. The molecule has 2 rings (SSSR count). The predicted octanol–water partition coefficient (Wildman–Crippen LogP) is 2.15. The average molecular weight is 297 g/mol. The van der Waals surface area contributed by atoms with Crippen molar-refractivity contribution in [1.82, 2.24) is 4.90 Å². The molecule has 1 N–H and O–H groups in total. The van der Waals surface area contributed by atoms with Crippen molar-refractivity contribution in [1.29, 1.82) is 0 Å². The van der Waals surface area contributed by atoms with E-state index >= 15 is 0 Å². The highest BCUT2D eigenvalue weighted by Gasteiger charge is 2.34. The SMILES string of the molecule is CCOCC1CCCN(C(=O)C2CCCC(C(=O)O)C2)C1. The zero-order chi connectivity index (χ0) is 15.2. The molecular weight excluding hydrogens is 270 g/mol. The van der Waals surface area contributed by atoms with Crippen molar-refractivity contribution in [3.8, 4) is 0 Å². The van der Waals surface area contributed by atoms with E-state index in [2.05, 4.69) is 0 Å². The lowest BCUT2D eigenvalue weighted by Gasteiger charge is -2.36. The Morgan fingerprint density at radius 2 is 1.95 bits per heavy atom. The Morgan fingerprint density at radius 1 is 1.19 bits per heavy atom. The van der Waals surface area contributed by atoms with E-state index < -0.39 is 5.97 Å². The number of nitrogens with zero attached hydrogens (tertiary/aromatic N) is 1. The first-order valence-corrected chi connectivity index (χ1v) is 8.21. The van der Waals surface area contributed by atoms with Crippen molar-refractivity contribution in [3.05, 3.63) is 0 Å². The van der Waals surface area contributed by atoms with Gasteiger partial charge in [-0.15, -0.1) is 0 Å². The third kappa shape index (κ3) is 4.43. The van der Waals surface area contributed by atoms with Gasteiger partial charge in [-0.05, 0) is 44.9 Å². The maximum atomic E-state index is 12.6. The molecule has 1 saturated heterocycles. The van der Waals surface area contributed by atoms with Crippen molar-refractivity contribution < 1.29 is 19.4 Å². The quantitative estimate of drug-likeness (QED) is 0.844. The summed E-state index contributed by atoms with van der Waals surface area (Å²) in [5.74, 6) is -0.577. The molecule has 1 aliphatic carbocycles. The molecule has 0 spiro atoms. The predicted molar refractivity (Wildman–Crippen MR) is 78.9 cm³/mol. The number of aliphatic carboxylic acids is 1. The normalized spacial score (nSPS) is 30.1. The van der Waals surface area contributed by atoms with Gasteiger partial charge in [0, 0.05) is 25.6 Å². The van der Waals surface area contributed by atoms with Crippen LogP contribution in [0.2, 0.25) is 0 Å². The van der Waals surface area contributed by atoms with Crippen LogP contribution in [0.25, 0.3) is 0 Å². The summed E-state index contributed by atoms with van der Waals surface area (Å²) in [7, 11) is 0. The molecule has 1 heterocycles. The summed E-state index contributed by atoms with van der Waals surface area (Å²) in [5, 5.41) is 9.15. The van der Waals surface area contributed by atoms with Crippen LogP contribution in [0.3, 0.4) is 0 Å². The maximum Gasteiger partial charge on any atom is 0.306 e. The van der Waals surface area contributed by atoms with E-state index in [4.69, 9.17) is 9.84 Å². The van der Waals surface area contributed by atoms with Crippen LogP contribution in [0.1, 0.15) is 45.4 Å². The molecule has 0 aromatic carbocycles. The first-order chi connectivity index (χ1) is 10.1. The second kappa shape index (κ2) is 7.78. The number of likely N-dealkylation sites (tertiary alicyclic amines) is 1. The molecule has 21 heavy (non-hydrogen) atoms. The summed E-state index contributed by atoms with van der Waals surface area (Å²) in [6.07, 6.45) is 5.07. The average Bonchev–Trinajstić information content (AvgIpc) is 2.52. The molecule has 120 valence electrons. The summed E-state index contributed by atoms with van der Waals surface area (Å²) >= 11 is 0. The zero-order valence-corrected chi connectivity index (χ0v) is 12.9. The molecule has 5 heteroatoms. The van der Waals surface area contributed by atoms with Gasteiger partial charge < -0.3 is 14.7 Å². The lowest BCUT2D eigenvalue weighted by Crippen LogP contribution is -2.45.